The van der Waals surface area contributed by atoms with Gasteiger partial charge in [0.1, 0.15) is 0 Å². The Kier molecular flexibility index (Phi) is 4.74. The Morgan fingerprint density at radius 2 is 2.31 bits per heavy atom. The normalized spacial score (nSPS) is 27.5. The van der Waals surface area contributed by atoms with Crippen molar-refractivity contribution < 1.29 is 0 Å². The molecule has 1 aliphatic heterocycles. The van der Waals surface area contributed by atoms with Crippen LogP contribution in [-0.4, -0.2) is 37.6 Å². The van der Waals surface area contributed by atoms with E-state index < -0.39 is 0 Å². The van der Waals surface area contributed by atoms with E-state index in [1.54, 1.807) is 0 Å². The van der Waals surface area contributed by atoms with E-state index in [1.807, 2.05) is 7.05 Å². The average molecular weight is 184 g/mol. The second-order valence-corrected chi connectivity index (χ2v) is 4.53. The summed E-state index contributed by atoms with van der Waals surface area (Å²) in [4.78, 5) is 2.61. The van der Waals surface area contributed by atoms with Gasteiger partial charge in [-0.15, -0.1) is 0 Å². The molecule has 78 valence electrons. The van der Waals surface area contributed by atoms with Gasteiger partial charge in [0.25, 0.3) is 0 Å². The quantitative estimate of drug-likeness (QED) is 0.715. The number of piperidine rings is 1. The predicted octanol–water partition coefficient (Wildman–Crippen LogP) is 1.72. The number of hydrogen-bond acceptors (Lipinski definition) is 2. The standard InChI is InChI=1S/C11H24N2/c1-10-5-4-7-13(9-10)8-6-11(2)12-3/h10-12H,4-9H2,1-3H3. The van der Waals surface area contributed by atoms with Gasteiger partial charge < -0.3 is 10.2 Å². The number of rotatable bonds is 4. The molecule has 2 heteroatoms. The van der Waals surface area contributed by atoms with Crippen LogP contribution in [-0.2, 0) is 0 Å². The van der Waals surface area contributed by atoms with Gasteiger partial charge in [0.2, 0.25) is 0 Å². The maximum atomic E-state index is 3.29. The summed E-state index contributed by atoms with van der Waals surface area (Å²) in [6.07, 6.45) is 4.11. The van der Waals surface area contributed by atoms with Gasteiger partial charge in [-0.3, -0.25) is 0 Å². The molecule has 13 heavy (non-hydrogen) atoms. The molecule has 0 saturated carbocycles. The molecule has 0 bridgehead atoms. The molecule has 1 fully saturated rings. The maximum Gasteiger partial charge on any atom is 0.00479 e. The highest BCUT2D eigenvalue weighted by Crippen LogP contribution is 2.15. The second-order valence-electron chi connectivity index (χ2n) is 4.53. The van der Waals surface area contributed by atoms with Crippen molar-refractivity contribution in [1.82, 2.24) is 10.2 Å². The molecule has 0 radical (unpaired) electrons. The molecule has 0 aromatic carbocycles. The molecule has 0 aliphatic carbocycles. The highest BCUT2D eigenvalue weighted by atomic mass is 15.1. The van der Waals surface area contributed by atoms with Crippen LogP contribution >= 0.6 is 0 Å². The van der Waals surface area contributed by atoms with Crippen molar-refractivity contribution in [3.63, 3.8) is 0 Å². The van der Waals surface area contributed by atoms with Crippen molar-refractivity contribution in [3.8, 4) is 0 Å². The van der Waals surface area contributed by atoms with Gasteiger partial charge >= 0.3 is 0 Å². The Balaban J connectivity index is 2.13. The Hall–Kier alpha value is -0.0800. The van der Waals surface area contributed by atoms with Gasteiger partial charge in [-0.1, -0.05) is 6.92 Å². The van der Waals surface area contributed by atoms with Crippen LogP contribution in [0.4, 0.5) is 0 Å². The topological polar surface area (TPSA) is 15.3 Å². The number of nitrogens with zero attached hydrogens (tertiary/aromatic N) is 1. The smallest absolute Gasteiger partial charge is 0.00479 e. The van der Waals surface area contributed by atoms with Gasteiger partial charge in [0.15, 0.2) is 0 Å². The Morgan fingerprint density at radius 3 is 2.92 bits per heavy atom. The average Bonchev–Trinajstić information content (AvgIpc) is 2.14. The largest absolute Gasteiger partial charge is 0.317 e. The molecule has 1 aliphatic rings. The molecule has 1 N–H and O–H groups in total. The van der Waals surface area contributed by atoms with Crippen LogP contribution < -0.4 is 5.32 Å². The highest BCUT2D eigenvalue weighted by Gasteiger charge is 2.15. The first-order valence-electron chi connectivity index (χ1n) is 5.62. The zero-order chi connectivity index (χ0) is 9.68. The summed E-state index contributed by atoms with van der Waals surface area (Å²) >= 11 is 0. The minimum atomic E-state index is 0.664. The van der Waals surface area contributed by atoms with Crippen molar-refractivity contribution in [2.75, 3.05) is 26.7 Å². The first-order valence-corrected chi connectivity index (χ1v) is 5.62. The molecule has 0 amide bonds. The van der Waals surface area contributed by atoms with Crippen LogP contribution in [0.5, 0.6) is 0 Å². The van der Waals surface area contributed by atoms with Crippen LogP contribution in [0.3, 0.4) is 0 Å². The van der Waals surface area contributed by atoms with Crippen molar-refractivity contribution in [3.05, 3.63) is 0 Å². The second kappa shape index (κ2) is 5.61. The van der Waals surface area contributed by atoms with E-state index in [2.05, 4.69) is 24.1 Å². The zero-order valence-corrected chi connectivity index (χ0v) is 9.34. The van der Waals surface area contributed by atoms with Crippen LogP contribution in [0.15, 0.2) is 0 Å². The predicted molar refractivity (Wildman–Crippen MR) is 58.0 cm³/mol. The lowest BCUT2D eigenvalue weighted by Crippen LogP contribution is -2.37. The van der Waals surface area contributed by atoms with Gasteiger partial charge in [-0.25, -0.2) is 0 Å². The van der Waals surface area contributed by atoms with Crippen LogP contribution in [0.1, 0.15) is 33.1 Å². The Labute approximate surface area is 82.7 Å². The van der Waals surface area contributed by atoms with E-state index in [0.29, 0.717) is 6.04 Å². The molecule has 0 aromatic rings. The summed E-state index contributed by atoms with van der Waals surface area (Å²) in [5.74, 6) is 0.915. The molecule has 1 rings (SSSR count). The first-order chi connectivity index (χ1) is 6.22. The lowest BCUT2D eigenvalue weighted by atomic mass is 10.00. The molecular formula is C11H24N2. The van der Waals surface area contributed by atoms with Crippen molar-refractivity contribution in [2.45, 2.75) is 39.2 Å². The number of hydrogen-bond donors (Lipinski definition) is 1. The number of likely N-dealkylation sites (tertiary alicyclic amines) is 1. The van der Waals surface area contributed by atoms with Crippen molar-refractivity contribution in [1.29, 1.82) is 0 Å². The number of nitrogens with one attached hydrogen (secondary N) is 1. The lowest BCUT2D eigenvalue weighted by molar-refractivity contribution is 0.177. The van der Waals surface area contributed by atoms with E-state index in [9.17, 15) is 0 Å². The summed E-state index contributed by atoms with van der Waals surface area (Å²) in [6.45, 7) is 8.53. The van der Waals surface area contributed by atoms with Gasteiger partial charge in [0.05, 0.1) is 0 Å². The minimum Gasteiger partial charge on any atom is -0.317 e. The molecule has 0 spiro atoms. The van der Waals surface area contributed by atoms with Crippen LogP contribution in [0.25, 0.3) is 0 Å². The third-order valence-electron chi connectivity index (χ3n) is 3.11. The SMILES string of the molecule is CNC(C)CCN1CCCC(C)C1. The Bertz CT molecular complexity index is 136. The van der Waals surface area contributed by atoms with E-state index in [0.717, 1.165) is 5.92 Å². The molecule has 1 saturated heterocycles. The van der Waals surface area contributed by atoms with E-state index in [-0.39, 0.29) is 0 Å². The molecule has 2 atom stereocenters. The van der Waals surface area contributed by atoms with Crippen molar-refractivity contribution in [2.24, 2.45) is 5.92 Å². The summed E-state index contributed by atoms with van der Waals surface area (Å²) in [7, 11) is 2.05. The summed E-state index contributed by atoms with van der Waals surface area (Å²) in [5, 5.41) is 3.29. The monoisotopic (exact) mass is 184 g/mol. The summed E-state index contributed by atoms with van der Waals surface area (Å²) in [5.41, 5.74) is 0. The fourth-order valence-corrected chi connectivity index (χ4v) is 2.01. The maximum absolute atomic E-state index is 3.29. The van der Waals surface area contributed by atoms with E-state index >= 15 is 0 Å². The fourth-order valence-electron chi connectivity index (χ4n) is 2.01. The molecule has 2 nitrogen and oxygen atoms in total. The highest BCUT2D eigenvalue weighted by molar-refractivity contribution is 4.71. The minimum absolute atomic E-state index is 0.664. The van der Waals surface area contributed by atoms with Gasteiger partial charge in [-0.05, 0) is 52.2 Å². The third-order valence-corrected chi connectivity index (χ3v) is 3.11. The lowest BCUT2D eigenvalue weighted by Gasteiger charge is -2.31. The molecule has 2 unspecified atom stereocenters. The Morgan fingerprint density at radius 1 is 1.54 bits per heavy atom. The fraction of sp³-hybridized carbons (Fsp3) is 1.00. The summed E-state index contributed by atoms with van der Waals surface area (Å²) in [6, 6.07) is 0.664. The third kappa shape index (κ3) is 4.10. The van der Waals surface area contributed by atoms with E-state index in [1.165, 1.54) is 38.9 Å². The van der Waals surface area contributed by atoms with Crippen molar-refractivity contribution >= 4 is 0 Å². The van der Waals surface area contributed by atoms with Crippen LogP contribution in [0.2, 0.25) is 0 Å². The molecular weight excluding hydrogens is 160 g/mol. The molecule has 1 heterocycles. The van der Waals surface area contributed by atoms with Crippen LogP contribution in [0, 0.1) is 5.92 Å². The van der Waals surface area contributed by atoms with E-state index in [4.69, 9.17) is 0 Å². The zero-order valence-electron chi connectivity index (χ0n) is 9.34. The summed E-state index contributed by atoms with van der Waals surface area (Å²) < 4.78 is 0. The first kappa shape index (κ1) is 11.0. The van der Waals surface area contributed by atoms with Gasteiger partial charge in [-0.2, -0.15) is 0 Å². The van der Waals surface area contributed by atoms with Gasteiger partial charge in [0, 0.05) is 12.6 Å². The molecule has 0 aromatic heterocycles.